The van der Waals surface area contributed by atoms with E-state index in [1.807, 2.05) is 12.1 Å². The molecule has 3 rings (SSSR count). The average Bonchev–Trinajstić information content (AvgIpc) is 2.47. The van der Waals surface area contributed by atoms with Crippen molar-refractivity contribution in [2.45, 2.75) is 25.3 Å². The highest BCUT2D eigenvalue weighted by Gasteiger charge is 2.34. The first-order valence-electron chi connectivity index (χ1n) is 7.23. The Hall–Kier alpha value is -1.53. The molecule has 3 heteroatoms. The molecule has 1 aromatic carbocycles. The Morgan fingerprint density at radius 2 is 1.95 bits per heavy atom. The summed E-state index contributed by atoms with van der Waals surface area (Å²) in [7, 11) is 2.27. The van der Waals surface area contributed by atoms with E-state index >= 15 is 0 Å². The second-order valence-electron chi connectivity index (χ2n) is 5.84. The molecule has 0 aliphatic carbocycles. The number of benzene rings is 1. The van der Waals surface area contributed by atoms with Gasteiger partial charge in [-0.25, -0.2) is 0 Å². The number of piperidine rings is 2. The van der Waals surface area contributed by atoms with Gasteiger partial charge in [-0.3, -0.25) is 0 Å². The molecule has 2 aliphatic heterocycles. The molecule has 0 amide bonds. The molecule has 2 saturated heterocycles. The van der Waals surface area contributed by atoms with Crippen molar-refractivity contribution in [1.82, 2.24) is 4.90 Å². The van der Waals surface area contributed by atoms with Crippen LogP contribution in [0.2, 0.25) is 0 Å². The number of fused-ring (bicyclic) bond motifs is 1. The predicted octanol–water partition coefficient (Wildman–Crippen LogP) is 2.48. The van der Waals surface area contributed by atoms with E-state index < -0.39 is 0 Å². The van der Waals surface area contributed by atoms with Gasteiger partial charge in [0.05, 0.1) is 11.6 Å². The van der Waals surface area contributed by atoms with Gasteiger partial charge in [0.1, 0.15) is 0 Å². The summed E-state index contributed by atoms with van der Waals surface area (Å²) in [5.74, 6) is 0.808. The van der Waals surface area contributed by atoms with Crippen LogP contribution in [0.3, 0.4) is 0 Å². The Bertz CT molecular complexity index is 474. The third-order valence-corrected chi connectivity index (χ3v) is 4.71. The summed E-state index contributed by atoms with van der Waals surface area (Å²) in [5.41, 5.74) is 2.02. The monoisotopic (exact) mass is 255 g/mol. The van der Waals surface area contributed by atoms with Gasteiger partial charge in [0, 0.05) is 24.8 Å². The standard InChI is InChI=1S/C16H21N3/c1-18-9-2-3-14-12-19(10-8-16(14)18)15-6-4-13(11-17)5-7-15/h4-7,14,16H,2-3,8-10,12H2,1H3. The Morgan fingerprint density at radius 1 is 1.16 bits per heavy atom. The lowest BCUT2D eigenvalue weighted by atomic mass is 9.84. The lowest BCUT2D eigenvalue weighted by Gasteiger charge is -2.46. The molecule has 0 radical (unpaired) electrons. The van der Waals surface area contributed by atoms with Crippen molar-refractivity contribution in [2.75, 3.05) is 31.6 Å². The molecule has 1 aromatic rings. The van der Waals surface area contributed by atoms with Gasteiger partial charge in [-0.1, -0.05) is 0 Å². The summed E-state index contributed by atoms with van der Waals surface area (Å²) in [6, 6.07) is 11.0. The first kappa shape index (κ1) is 12.5. The summed E-state index contributed by atoms with van der Waals surface area (Å²) < 4.78 is 0. The second-order valence-corrected chi connectivity index (χ2v) is 5.84. The predicted molar refractivity (Wildman–Crippen MR) is 77.1 cm³/mol. The zero-order valence-corrected chi connectivity index (χ0v) is 11.5. The lowest BCUT2D eigenvalue weighted by molar-refractivity contribution is 0.102. The molecular weight excluding hydrogens is 234 g/mol. The van der Waals surface area contributed by atoms with Crippen molar-refractivity contribution in [1.29, 1.82) is 5.26 Å². The largest absolute Gasteiger partial charge is 0.371 e. The quantitative estimate of drug-likeness (QED) is 0.772. The number of hydrogen-bond acceptors (Lipinski definition) is 3. The first-order chi connectivity index (χ1) is 9.28. The number of rotatable bonds is 1. The molecule has 0 bridgehead atoms. The van der Waals surface area contributed by atoms with Gasteiger partial charge >= 0.3 is 0 Å². The molecule has 2 unspecified atom stereocenters. The fourth-order valence-corrected chi connectivity index (χ4v) is 3.63. The molecule has 0 spiro atoms. The normalized spacial score (nSPS) is 27.7. The lowest BCUT2D eigenvalue weighted by Crippen LogP contribution is -2.52. The van der Waals surface area contributed by atoms with Crippen LogP contribution in [0, 0.1) is 17.2 Å². The maximum absolute atomic E-state index is 8.85. The maximum Gasteiger partial charge on any atom is 0.0991 e. The fourth-order valence-electron chi connectivity index (χ4n) is 3.63. The molecule has 2 atom stereocenters. The number of nitrogens with zero attached hydrogens (tertiary/aromatic N) is 3. The molecule has 0 saturated carbocycles. The van der Waals surface area contributed by atoms with Gasteiger partial charge in [-0.15, -0.1) is 0 Å². The molecule has 2 heterocycles. The summed E-state index contributed by atoms with van der Waals surface area (Å²) in [5, 5.41) is 8.85. The van der Waals surface area contributed by atoms with Crippen molar-refractivity contribution in [3.8, 4) is 6.07 Å². The van der Waals surface area contributed by atoms with Crippen LogP contribution in [0.1, 0.15) is 24.8 Å². The summed E-state index contributed by atoms with van der Waals surface area (Å²) >= 11 is 0. The van der Waals surface area contributed by atoms with Crippen molar-refractivity contribution < 1.29 is 0 Å². The number of likely N-dealkylation sites (tertiary alicyclic amines) is 1. The Balaban J connectivity index is 1.72. The summed E-state index contributed by atoms with van der Waals surface area (Å²) in [6.07, 6.45) is 3.96. The zero-order chi connectivity index (χ0) is 13.2. The van der Waals surface area contributed by atoms with Crippen molar-refractivity contribution >= 4 is 5.69 Å². The molecule has 100 valence electrons. The van der Waals surface area contributed by atoms with Crippen LogP contribution in [0.25, 0.3) is 0 Å². The molecule has 3 nitrogen and oxygen atoms in total. The van der Waals surface area contributed by atoms with Crippen LogP contribution < -0.4 is 4.90 Å². The minimum absolute atomic E-state index is 0.746. The van der Waals surface area contributed by atoms with Crippen molar-refractivity contribution in [3.63, 3.8) is 0 Å². The van der Waals surface area contributed by atoms with Crippen LogP contribution in [0.15, 0.2) is 24.3 Å². The summed E-state index contributed by atoms with van der Waals surface area (Å²) in [4.78, 5) is 5.03. The van der Waals surface area contributed by atoms with Gasteiger partial charge in [0.25, 0.3) is 0 Å². The minimum atomic E-state index is 0.746. The van der Waals surface area contributed by atoms with Gasteiger partial charge in [-0.2, -0.15) is 5.26 Å². The molecule has 0 N–H and O–H groups in total. The van der Waals surface area contributed by atoms with Crippen LogP contribution in [-0.2, 0) is 0 Å². The highest BCUT2D eigenvalue weighted by molar-refractivity contribution is 5.50. The van der Waals surface area contributed by atoms with Gasteiger partial charge in [-0.05, 0) is 63.0 Å². The van der Waals surface area contributed by atoms with E-state index in [0.717, 1.165) is 24.1 Å². The Morgan fingerprint density at radius 3 is 2.68 bits per heavy atom. The van der Waals surface area contributed by atoms with Crippen LogP contribution in [0.4, 0.5) is 5.69 Å². The highest BCUT2D eigenvalue weighted by atomic mass is 15.2. The third-order valence-electron chi connectivity index (χ3n) is 4.71. The van der Waals surface area contributed by atoms with Crippen LogP contribution >= 0.6 is 0 Å². The van der Waals surface area contributed by atoms with E-state index in [1.165, 1.54) is 38.0 Å². The number of anilines is 1. The molecular formula is C16H21N3. The van der Waals surface area contributed by atoms with E-state index in [4.69, 9.17) is 5.26 Å². The smallest absolute Gasteiger partial charge is 0.0991 e. The van der Waals surface area contributed by atoms with E-state index in [-0.39, 0.29) is 0 Å². The molecule has 0 aromatic heterocycles. The first-order valence-corrected chi connectivity index (χ1v) is 7.23. The van der Waals surface area contributed by atoms with Crippen LogP contribution in [-0.4, -0.2) is 37.6 Å². The maximum atomic E-state index is 8.85. The van der Waals surface area contributed by atoms with E-state index in [0.29, 0.717) is 0 Å². The third kappa shape index (κ3) is 2.46. The van der Waals surface area contributed by atoms with E-state index in [2.05, 4.69) is 35.0 Å². The van der Waals surface area contributed by atoms with E-state index in [1.54, 1.807) is 0 Å². The van der Waals surface area contributed by atoms with Gasteiger partial charge < -0.3 is 9.80 Å². The fraction of sp³-hybridized carbons (Fsp3) is 0.562. The number of hydrogen-bond donors (Lipinski definition) is 0. The molecule has 2 aliphatic rings. The van der Waals surface area contributed by atoms with Gasteiger partial charge in [0.2, 0.25) is 0 Å². The van der Waals surface area contributed by atoms with Crippen LogP contribution in [0.5, 0.6) is 0 Å². The summed E-state index contributed by atoms with van der Waals surface area (Å²) in [6.45, 7) is 3.57. The van der Waals surface area contributed by atoms with Gasteiger partial charge in [0.15, 0.2) is 0 Å². The molecule has 2 fully saturated rings. The Kier molecular flexibility index (Phi) is 3.44. The van der Waals surface area contributed by atoms with Crippen molar-refractivity contribution in [3.05, 3.63) is 29.8 Å². The topological polar surface area (TPSA) is 30.3 Å². The number of nitriles is 1. The second kappa shape index (κ2) is 5.22. The minimum Gasteiger partial charge on any atom is -0.371 e. The Labute approximate surface area is 115 Å². The average molecular weight is 255 g/mol. The highest BCUT2D eigenvalue weighted by Crippen LogP contribution is 2.31. The zero-order valence-electron chi connectivity index (χ0n) is 11.5. The van der Waals surface area contributed by atoms with E-state index in [9.17, 15) is 0 Å². The molecule has 19 heavy (non-hydrogen) atoms. The SMILES string of the molecule is CN1CCCC2CN(c3ccc(C#N)cc3)CCC21. The van der Waals surface area contributed by atoms with Crippen molar-refractivity contribution in [2.24, 2.45) is 5.92 Å².